The van der Waals surface area contributed by atoms with Crippen LogP contribution in [0.1, 0.15) is 37.4 Å². The summed E-state index contributed by atoms with van der Waals surface area (Å²) in [5, 5.41) is 12.4. The lowest BCUT2D eigenvalue weighted by Gasteiger charge is -2.38. The van der Waals surface area contributed by atoms with Crippen molar-refractivity contribution >= 4 is 24.8 Å². The summed E-state index contributed by atoms with van der Waals surface area (Å²) in [5.41, 5.74) is 1.20. The van der Waals surface area contributed by atoms with E-state index in [1.165, 1.54) is 6.07 Å². The van der Waals surface area contributed by atoms with Crippen molar-refractivity contribution < 1.29 is 4.39 Å². The van der Waals surface area contributed by atoms with E-state index in [9.17, 15) is 4.39 Å². The van der Waals surface area contributed by atoms with E-state index in [-0.39, 0.29) is 36.4 Å². The number of piperazine rings is 1. The van der Waals surface area contributed by atoms with Crippen LogP contribution < -0.4 is 5.32 Å². The molecule has 0 aliphatic carbocycles. The summed E-state index contributed by atoms with van der Waals surface area (Å²) in [6, 6.07) is 7.17. The third kappa shape index (κ3) is 4.82. The molecule has 1 fully saturated rings. The Morgan fingerprint density at radius 1 is 1.32 bits per heavy atom. The molecule has 0 amide bonds. The minimum atomic E-state index is -0.431. The van der Waals surface area contributed by atoms with Gasteiger partial charge in [-0.05, 0) is 23.6 Å². The Labute approximate surface area is 144 Å². The number of halogens is 3. The minimum Gasteiger partial charge on any atom is -0.314 e. The molecular weight excluding hydrogens is 324 g/mol. The summed E-state index contributed by atoms with van der Waals surface area (Å²) in [5.74, 6) is 0.0459. The van der Waals surface area contributed by atoms with Gasteiger partial charge in [0.15, 0.2) is 0 Å². The minimum absolute atomic E-state index is 0. The Hall–Kier alpha value is -0.860. The normalized spacial score (nSPS) is 17.5. The molecule has 0 bridgehead atoms. The molecule has 0 radical (unpaired) electrons. The standard InChI is InChI=1S/C16H22FN3.2ClH/c1-3-12(2)16(20-8-6-19-7-9-20)13-4-5-15(17)14(10-13)11-18;;/h4-5,10,12,16,19H,3,6-9H2,1-2H3;2*1H/t12?,16-;;/m1../s1. The highest BCUT2D eigenvalue weighted by atomic mass is 35.5. The Morgan fingerprint density at radius 2 is 1.95 bits per heavy atom. The van der Waals surface area contributed by atoms with Crippen molar-refractivity contribution in [2.45, 2.75) is 26.3 Å². The Morgan fingerprint density at radius 3 is 2.50 bits per heavy atom. The van der Waals surface area contributed by atoms with Gasteiger partial charge in [0, 0.05) is 32.2 Å². The molecule has 2 atom stereocenters. The van der Waals surface area contributed by atoms with Gasteiger partial charge in [-0.15, -0.1) is 24.8 Å². The van der Waals surface area contributed by atoms with Gasteiger partial charge in [-0.25, -0.2) is 4.39 Å². The maximum absolute atomic E-state index is 13.5. The number of nitriles is 1. The van der Waals surface area contributed by atoms with E-state index in [4.69, 9.17) is 5.26 Å². The van der Waals surface area contributed by atoms with Crippen LogP contribution in [0.4, 0.5) is 4.39 Å². The number of benzene rings is 1. The Balaban J connectivity index is 0.00000220. The smallest absolute Gasteiger partial charge is 0.140 e. The van der Waals surface area contributed by atoms with Gasteiger partial charge >= 0.3 is 0 Å². The van der Waals surface area contributed by atoms with E-state index in [2.05, 4.69) is 24.1 Å². The van der Waals surface area contributed by atoms with Gasteiger partial charge in [0.1, 0.15) is 11.9 Å². The van der Waals surface area contributed by atoms with Crippen molar-refractivity contribution in [2.24, 2.45) is 5.92 Å². The molecule has 0 saturated carbocycles. The first-order valence-electron chi connectivity index (χ1n) is 7.31. The zero-order chi connectivity index (χ0) is 14.5. The van der Waals surface area contributed by atoms with Gasteiger partial charge in [0.2, 0.25) is 0 Å². The van der Waals surface area contributed by atoms with Crippen molar-refractivity contribution in [2.75, 3.05) is 26.2 Å². The van der Waals surface area contributed by atoms with Gasteiger partial charge in [-0.3, -0.25) is 4.90 Å². The Kier molecular flexibility index (Phi) is 9.63. The van der Waals surface area contributed by atoms with E-state index >= 15 is 0 Å². The molecule has 1 aliphatic rings. The number of hydrogen-bond donors (Lipinski definition) is 1. The van der Waals surface area contributed by atoms with Crippen LogP contribution in [0.15, 0.2) is 18.2 Å². The van der Waals surface area contributed by atoms with Crippen LogP contribution in [0.3, 0.4) is 0 Å². The van der Waals surface area contributed by atoms with Crippen LogP contribution >= 0.6 is 24.8 Å². The molecule has 1 N–H and O–H groups in total. The number of rotatable bonds is 4. The fourth-order valence-corrected chi connectivity index (χ4v) is 2.90. The molecule has 3 nitrogen and oxygen atoms in total. The molecule has 124 valence electrons. The van der Waals surface area contributed by atoms with Crippen molar-refractivity contribution in [3.8, 4) is 6.07 Å². The van der Waals surface area contributed by atoms with Crippen LogP contribution in [0, 0.1) is 23.1 Å². The average molecular weight is 348 g/mol. The summed E-state index contributed by atoms with van der Waals surface area (Å²) in [4.78, 5) is 2.44. The van der Waals surface area contributed by atoms with Crippen molar-refractivity contribution in [1.29, 1.82) is 5.26 Å². The van der Waals surface area contributed by atoms with E-state index in [0.29, 0.717) is 5.92 Å². The van der Waals surface area contributed by atoms with Gasteiger partial charge in [0.25, 0.3) is 0 Å². The first kappa shape index (κ1) is 21.1. The first-order chi connectivity index (χ1) is 9.67. The lowest BCUT2D eigenvalue weighted by molar-refractivity contribution is 0.128. The second kappa shape index (κ2) is 10.0. The third-order valence-electron chi connectivity index (χ3n) is 4.18. The molecule has 2 rings (SSSR count). The maximum Gasteiger partial charge on any atom is 0.140 e. The zero-order valence-corrected chi connectivity index (χ0v) is 14.6. The fourth-order valence-electron chi connectivity index (χ4n) is 2.90. The molecule has 1 aliphatic heterocycles. The molecule has 22 heavy (non-hydrogen) atoms. The first-order valence-corrected chi connectivity index (χ1v) is 7.31. The SMILES string of the molecule is CCC(C)[C@H](c1ccc(F)c(C#N)c1)N1CCNCC1.Cl.Cl. The largest absolute Gasteiger partial charge is 0.314 e. The van der Waals surface area contributed by atoms with Crippen molar-refractivity contribution in [1.82, 2.24) is 10.2 Å². The quantitative estimate of drug-likeness (QED) is 0.905. The lowest BCUT2D eigenvalue weighted by Crippen LogP contribution is -2.46. The maximum atomic E-state index is 13.5. The number of hydrogen-bond acceptors (Lipinski definition) is 3. The fraction of sp³-hybridized carbons (Fsp3) is 0.562. The van der Waals surface area contributed by atoms with Gasteiger partial charge in [-0.1, -0.05) is 26.3 Å². The molecule has 1 aromatic rings. The molecular formula is C16H24Cl2FN3. The Bertz CT molecular complexity index is 499. The molecule has 1 aromatic carbocycles. The van der Waals surface area contributed by atoms with Crippen LogP contribution in [0.5, 0.6) is 0 Å². The number of nitrogens with one attached hydrogen (secondary N) is 1. The molecule has 0 aromatic heterocycles. The predicted octanol–water partition coefficient (Wildman–Crippen LogP) is 3.53. The molecule has 1 unspecified atom stereocenters. The summed E-state index contributed by atoms with van der Waals surface area (Å²) in [6.45, 7) is 8.36. The highest BCUT2D eigenvalue weighted by Gasteiger charge is 2.26. The molecule has 0 spiro atoms. The predicted molar refractivity (Wildman–Crippen MR) is 92.2 cm³/mol. The number of nitrogens with zero attached hydrogens (tertiary/aromatic N) is 2. The van der Waals surface area contributed by atoms with E-state index in [1.54, 1.807) is 6.07 Å². The van der Waals surface area contributed by atoms with E-state index in [0.717, 1.165) is 38.2 Å². The summed E-state index contributed by atoms with van der Waals surface area (Å²) in [6.07, 6.45) is 1.06. The second-order valence-corrected chi connectivity index (χ2v) is 5.47. The molecule has 1 saturated heterocycles. The zero-order valence-electron chi connectivity index (χ0n) is 13.0. The monoisotopic (exact) mass is 347 g/mol. The third-order valence-corrected chi connectivity index (χ3v) is 4.18. The second-order valence-electron chi connectivity index (χ2n) is 5.47. The van der Waals surface area contributed by atoms with Crippen LogP contribution in [-0.2, 0) is 0 Å². The lowest BCUT2D eigenvalue weighted by atomic mass is 9.89. The van der Waals surface area contributed by atoms with Crippen LogP contribution in [-0.4, -0.2) is 31.1 Å². The molecule has 6 heteroatoms. The highest BCUT2D eigenvalue weighted by Crippen LogP contribution is 2.31. The van der Waals surface area contributed by atoms with Gasteiger partial charge in [-0.2, -0.15) is 5.26 Å². The highest BCUT2D eigenvalue weighted by molar-refractivity contribution is 5.85. The summed E-state index contributed by atoms with van der Waals surface area (Å²) < 4.78 is 13.5. The average Bonchev–Trinajstić information content (AvgIpc) is 2.50. The van der Waals surface area contributed by atoms with E-state index in [1.807, 2.05) is 12.1 Å². The summed E-state index contributed by atoms with van der Waals surface area (Å²) in [7, 11) is 0. The van der Waals surface area contributed by atoms with Crippen molar-refractivity contribution in [3.05, 3.63) is 35.1 Å². The van der Waals surface area contributed by atoms with Gasteiger partial charge in [0.05, 0.1) is 5.56 Å². The van der Waals surface area contributed by atoms with E-state index < -0.39 is 5.82 Å². The molecule has 1 heterocycles. The summed E-state index contributed by atoms with van der Waals surface area (Å²) >= 11 is 0. The van der Waals surface area contributed by atoms with Crippen molar-refractivity contribution in [3.63, 3.8) is 0 Å². The topological polar surface area (TPSA) is 39.1 Å². The van der Waals surface area contributed by atoms with Crippen LogP contribution in [0.2, 0.25) is 0 Å². The van der Waals surface area contributed by atoms with Crippen LogP contribution in [0.25, 0.3) is 0 Å². The van der Waals surface area contributed by atoms with Gasteiger partial charge < -0.3 is 5.32 Å².